The molecular weight excluding hydrogens is 278 g/mol. The fourth-order valence-electron chi connectivity index (χ4n) is 1.84. The van der Waals surface area contributed by atoms with Crippen LogP contribution in [0.5, 0.6) is 0 Å². The summed E-state index contributed by atoms with van der Waals surface area (Å²) in [5, 5.41) is 3.19. The number of carbonyl (C=O) groups excluding carboxylic acids is 1. The maximum atomic E-state index is 8.00. The quantitative estimate of drug-likeness (QED) is 0.591. The molecule has 1 aliphatic rings. The van der Waals surface area contributed by atoms with Crippen LogP contribution in [0.2, 0.25) is 0 Å². The highest BCUT2D eigenvalue weighted by Crippen LogP contribution is 2.08. The summed E-state index contributed by atoms with van der Waals surface area (Å²) in [4.78, 5) is 12.3. The minimum atomic E-state index is 0.713. The Balaban J connectivity index is 0.000000211. The molecule has 0 aliphatic carbocycles. The van der Waals surface area contributed by atoms with E-state index >= 15 is 0 Å². The second-order valence-electron chi connectivity index (χ2n) is 4.45. The van der Waals surface area contributed by atoms with Gasteiger partial charge in [0.25, 0.3) is 0 Å². The van der Waals surface area contributed by atoms with Gasteiger partial charge in [-0.1, -0.05) is 18.2 Å². The second kappa shape index (κ2) is 9.02. The van der Waals surface area contributed by atoms with Crippen LogP contribution in [0, 0.1) is 0 Å². The number of aliphatic imine (C=N–C) groups is 1. The number of hydrogen-bond donors (Lipinski definition) is 4. The van der Waals surface area contributed by atoms with E-state index in [1.807, 2.05) is 37.1 Å². The number of hydrogen-bond acceptors (Lipinski definition) is 6. The van der Waals surface area contributed by atoms with Crippen molar-refractivity contribution in [3.63, 3.8) is 0 Å². The third-order valence-corrected chi connectivity index (χ3v) is 2.74. The van der Waals surface area contributed by atoms with Gasteiger partial charge in [-0.25, -0.2) is 0 Å². The van der Waals surface area contributed by atoms with Crippen molar-refractivity contribution in [1.82, 2.24) is 5.32 Å². The molecule has 3 rings (SSSR count). The molecule has 0 spiro atoms. The van der Waals surface area contributed by atoms with Crippen LogP contribution in [0.4, 0.5) is 17.1 Å². The summed E-state index contributed by atoms with van der Waals surface area (Å²) in [6, 6.07) is 14.9. The lowest BCUT2D eigenvalue weighted by molar-refractivity contribution is -0.0979. The minimum Gasteiger partial charge on any atom is -0.399 e. The van der Waals surface area contributed by atoms with Crippen LogP contribution in [0.15, 0.2) is 53.5 Å². The van der Waals surface area contributed by atoms with Gasteiger partial charge in [-0.3, -0.25) is 4.99 Å². The van der Waals surface area contributed by atoms with Gasteiger partial charge in [0.15, 0.2) is 0 Å². The fourth-order valence-corrected chi connectivity index (χ4v) is 1.84. The van der Waals surface area contributed by atoms with Crippen molar-refractivity contribution in [2.75, 3.05) is 30.3 Å². The van der Waals surface area contributed by atoms with E-state index in [1.165, 1.54) is 0 Å². The van der Waals surface area contributed by atoms with Crippen LogP contribution in [-0.4, -0.2) is 25.7 Å². The highest BCUT2D eigenvalue weighted by atomic mass is 16.1. The van der Waals surface area contributed by atoms with Crippen LogP contribution in [0.1, 0.15) is 5.56 Å². The van der Waals surface area contributed by atoms with E-state index < -0.39 is 0 Å². The normalized spacial score (nSPS) is 11.9. The molecule has 0 atom stereocenters. The second-order valence-corrected chi connectivity index (χ2v) is 4.45. The molecule has 0 aromatic heterocycles. The lowest BCUT2D eigenvalue weighted by atomic mass is 10.2. The highest BCUT2D eigenvalue weighted by molar-refractivity contribution is 6.00. The number of anilines is 3. The Kier molecular flexibility index (Phi) is 6.98. The molecule has 1 aliphatic heterocycles. The van der Waals surface area contributed by atoms with E-state index in [4.69, 9.17) is 22.0 Å². The monoisotopic (exact) mass is 299 g/mol. The minimum absolute atomic E-state index is 0.713. The molecule has 2 aromatic rings. The number of rotatable bonds is 1. The number of nitrogens with two attached hydrogens (primary N) is 3. The van der Waals surface area contributed by atoms with Crippen LogP contribution in [-0.2, 0) is 4.79 Å². The lowest BCUT2D eigenvalue weighted by Crippen LogP contribution is -2.19. The molecule has 7 N–H and O–H groups in total. The molecule has 0 radical (unpaired) electrons. The Bertz CT molecular complexity index is 610. The van der Waals surface area contributed by atoms with E-state index in [1.54, 1.807) is 18.2 Å². The topological polar surface area (TPSA) is 120 Å². The van der Waals surface area contributed by atoms with Gasteiger partial charge in [-0.15, -0.1) is 0 Å². The molecule has 0 saturated carbocycles. The number of nitrogens with one attached hydrogen (secondary N) is 1. The number of nitrogens with zero attached hydrogens (tertiary/aromatic N) is 1. The van der Waals surface area contributed by atoms with Crippen LogP contribution >= 0.6 is 0 Å². The summed E-state index contributed by atoms with van der Waals surface area (Å²) in [5.41, 5.74) is 19.7. The van der Waals surface area contributed by atoms with Gasteiger partial charge in [0, 0.05) is 29.2 Å². The summed E-state index contributed by atoms with van der Waals surface area (Å²) < 4.78 is 0. The number of nitrogen functional groups attached to an aromatic ring is 3. The maximum Gasteiger partial charge on any atom is 0.128 e. The average molecular weight is 299 g/mol. The fraction of sp³-hybridized carbons (Fsp3) is 0.125. The van der Waals surface area contributed by atoms with E-state index in [0.29, 0.717) is 11.4 Å². The Labute approximate surface area is 130 Å². The van der Waals surface area contributed by atoms with Crippen molar-refractivity contribution in [3.05, 3.63) is 54.1 Å². The number of amidine groups is 1. The molecular formula is C16H21N5O. The van der Waals surface area contributed by atoms with Crippen LogP contribution in [0.3, 0.4) is 0 Å². The van der Waals surface area contributed by atoms with Gasteiger partial charge in [0.1, 0.15) is 12.6 Å². The first-order chi connectivity index (χ1) is 10.6. The van der Waals surface area contributed by atoms with Gasteiger partial charge >= 0.3 is 0 Å². The van der Waals surface area contributed by atoms with Crippen molar-refractivity contribution < 1.29 is 4.79 Å². The largest absolute Gasteiger partial charge is 0.399 e. The van der Waals surface area contributed by atoms with E-state index in [2.05, 4.69) is 10.3 Å². The molecule has 0 saturated heterocycles. The molecule has 116 valence electrons. The molecule has 0 bridgehead atoms. The number of carbonyl (C=O) groups is 1. The highest BCUT2D eigenvalue weighted by Gasteiger charge is 2.06. The van der Waals surface area contributed by atoms with Crippen molar-refractivity contribution in [2.45, 2.75) is 0 Å². The van der Waals surface area contributed by atoms with E-state index in [0.717, 1.165) is 30.2 Å². The summed E-state index contributed by atoms with van der Waals surface area (Å²) in [6.07, 6.45) is 0. The SMILES string of the molecule is C=O.Nc1cccc(C2=NCCN2)c1.Nc1cccc(N)c1. The zero-order valence-corrected chi connectivity index (χ0v) is 12.3. The predicted octanol–water partition coefficient (Wildman–Crippen LogP) is 1.28. The first-order valence-corrected chi connectivity index (χ1v) is 6.69. The predicted molar refractivity (Wildman–Crippen MR) is 92.6 cm³/mol. The molecule has 2 aromatic carbocycles. The van der Waals surface area contributed by atoms with Gasteiger partial charge in [-0.2, -0.15) is 0 Å². The Hall–Kier alpha value is -3.02. The molecule has 0 unspecified atom stereocenters. The summed E-state index contributed by atoms with van der Waals surface area (Å²) in [6.45, 7) is 3.80. The Morgan fingerprint density at radius 1 is 0.909 bits per heavy atom. The molecule has 1 heterocycles. The molecule has 22 heavy (non-hydrogen) atoms. The van der Waals surface area contributed by atoms with Gasteiger partial charge in [-0.05, 0) is 30.3 Å². The maximum absolute atomic E-state index is 8.00. The van der Waals surface area contributed by atoms with Gasteiger partial charge in [0.05, 0.1) is 6.54 Å². The molecule has 6 nitrogen and oxygen atoms in total. The van der Waals surface area contributed by atoms with Crippen molar-refractivity contribution >= 4 is 29.7 Å². The van der Waals surface area contributed by atoms with Crippen molar-refractivity contribution in [1.29, 1.82) is 0 Å². The van der Waals surface area contributed by atoms with Crippen molar-refractivity contribution in [3.8, 4) is 0 Å². The molecule has 0 amide bonds. The first-order valence-electron chi connectivity index (χ1n) is 6.69. The third-order valence-electron chi connectivity index (χ3n) is 2.74. The summed E-state index contributed by atoms with van der Waals surface area (Å²) >= 11 is 0. The standard InChI is InChI=1S/C9H11N3.C6H8N2.CH2O/c10-8-3-1-2-7(6-8)9-11-4-5-12-9;7-5-2-1-3-6(8)4-5;1-2/h1-3,6H,4-5,10H2,(H,11,12);1-4H,7-8H2;1H2. The summed E-state index contributed by atoms with van der Waals surface area (Å²) in [5.74, 6) is 0.960. The van der Waals surface area contributed by atoms with Crippen molar-refractivity contribution in [2.24, 2.45) is 4.99 Å². The Morgan fingerprint density at radius 3 is 1.86 bits per heavy atom. The van der Waals surface area contributed by atoms with Crippen LogP contribution in [0.25, 0.3) is 0 Å². The zero-order chi connectivity index (χ0) is 16.4. The first kappa shape index (κ1) is 17.0. The average Bonchev–Trinajstić information content (AvgIpc) is 3.04. The van der Waals surface area contributed by atoms with E-state index in [9.17, 15) is 0 Å². The lowest BCUT2D eigenvalue weighted by Gasteiger charge is -2.02. The van der Waals surface area contributed by atoms with Gasteiger partial charge < -0.3 is 27.3 Å². The summed E-state index contributed by atoms with van der Waals surface area (Å²) in [7, 11) is 0. The smallest absolute Gasteiger partial charge is 0.128 e. The molecule has 0 fully saturated rings. The zero-order valence-electron chi connectivity index (χ0n) is 12.3. The Morgan fingerprint density at radius 2 is 1.45 bits per heavy atom. The molecule has 6 heteroatoms. The number of benzene rings is 2. The third kappa shape index (κ3) is 5.54. The van der Waals surface area contributed by atoms with Crippen LogP contribution < -0.4 is 22.5 Å². The van der Waals surface area contributed by atoms with Gasteiger partial charge in [0.2, 0.25) is 0 Å². The van der Waals surface area contributed by atoms with E-state index in [-0.39, 0.29) is 0 Å².